The molecule has 2 aromatic rings. The maximum Gasteiger partial charge on any atom is 0.123 e. The van der Waals surface area contributed by atoms with Gasteiger partial charge >= 0.3 is 0 Å². The van der Waals surface area contributed by atoms with E-state index in [1.165, 1.54) is 12.4 Å². The lowest BCUT2D eigenvalue weighted by molar-refractivity contribution is 0.617. The quantitative estimate of drug-likeness (QED) is 0.876. The molecule has 4 heteroatoms. The number of nitrogens with zero attached hydrogens (tertiary/aromatic N) is 2. The van der Waals surface area contributed by atoms with Crippen LogP contribution in [0.2, 0.25) is 0 Å². The van der Waals surface area contributed by atoms with Crippen molar-refractivity contribution in [3.63, 3.8) is 0 Å². The van der Waals surface area contributed by atoms with Gasteiger partial charge in [-0.1, -0.05) is 6.07 Å². The first-order chi connectivity index (χ1) is 8.25. The molecule has 88 valence electrons. The van der Waals surface area contributed by atoms with Gasteiger partial charge in [-0.15, -0.1) is 0 Å². The lowest BCUT2D eigenvalue weighted by Crippen LogP contribution is -2.14. The van der Waals surface area contributed by atoms with Crippen LogP contribution in [0, 0.1) is 12.7 Å². The van der Waals surface area contributed by atoms with Gasteiger partial charge in [0.1, 0.15) is 12.1 Å². The first kappa shape index (κ1) is 11.7. The summed E-state index contributed by atoms with van der Waals surface area (Å²) in [6.45, 7) is 3.26. The molecule has 1 N–H and O–H groups in total. The predicted molar refractivity (Wildman–Crippen MR) is 63.7 cm³/mol. The van der Waals surface area contributed by atoms with Gasteiger partial charge in [0.25, 0.3) is 0 Å². The molecule has 0 fully saturated rings. The number of halogens is 1. The maximum absolute atomic E-state index is 13.0. The summed E-state index contributed by atoms with van der Waals surface area (Å²) in [7, 11) is 0. The van der Waals surface area contributed by atoms with Crippen molar-refractivity contribution in [2.24, 2.45) is 0 Å². The van der Waals surface area contributed by atoms with Crippen molar-refractivity contribution in [2.75, 3.05) is 0 Å². The van der Waals surface area contributed by atoms with Crippen LogP contribution in [0.1, 0.15) is 16.8 Å². The molecule has 0 radical (unpaired) electrons. The highest BCUT2D eigenvalue weighted by Crippen LogP contribution is 2.09. The number of hydrogen-bond donors (Lipinski definition) is 1. The van der Waals surface area contributed by atoms with Crippen LogP contribution in [0.25, 0.3) is 0 Å². The minimum Gasteiger partial charge on any atom is -0.307 e. The second-order valence-corrected chi connectivity index (χ2v) is 3.88. The molecule has 1 aromatic heterocycles. The number of nitrogens with one attached hydrogen (secondary N) is 1. The summed E-state index contributed by atoms with van der Waals surface area (Å²) in [6, 6.07) is 6.67. The minimum absolute atomic E-state index is 0.200. The van der Waals surface area contributed by atoms with E-state index < -0.39 is 0 Å². The molecule has 0 atom stereocenters. The summed E-state index contributed by atoms with van der Waals surface area (Å²) in [6.07, 6.45) is 3.22. The molecule has 1 heterocycles. The standard InChI is InChI=1S/C13H14FN3/c1-10-2-3-12(14)6-11(10)7-16-8-13-4-5-15-9-17-13/h2-6,9,16H,7-8H2,1H3. The van der Waals surface area contributed by atoms with Gasteiger partial charge in [0, 0.05) is 19.3 Å². The zero-order valence-electron chi connectivity index (χ0n) is 9.65. The van der Waals surface area contributed by atoms with Gasteiger partial charge in [0.2, 0.25) is 0 Å². The molecule has 0 bridgehead atoms. The molecule has 0 saturated carbocycles. The van der Waals surface area contributed by atoms with Crippen LogP contribution in [0.5, 0.6) is 0 Å². The van der Waals surface area contributed by atoms with Gasteiger partial charge < -0.3 is 5.32 Å². The van der Waals surface area contributed by atoms with E-state index in [9.17, 15) is 4.39 Å². The Hall–Kier alpha value is -1.81. The second-order valence-electron chi connectivity index (χ2n) is 3.88. The number of rotatable bonds is 4. The average Bonchev–Trinajstić information content (AvgIpc) is 2.35. The topological polar surface area (TPSA) is 37.8 Å². The molecule has 0 unspecified atom stereocenters. The largest absolute Gasteiger partial charge is 0.307 e. The number of hydrogen-bond acceptors (Lipinski definition) is 3. The molecule has 0 aliphatic heterocycles. The molecular weight excluding hydrogens is 217 g/mol. The fourth-order valence-corrected chi connectivity index (χ4v) is 1.58. The lowest BCUT2D eigenvalue weighted by Gasteiger charge is -2.07. The van der Waals surface area contributed by atoms with Crippen molar-refractivity contribution in [3.8, 4) is 0 Å². The number of aryl methyl sites for hydroxylation is 1. The first-order valence-corrected chi connectivity index (χ1v) is 5.46. The molecule has 0 aliphatic carbocycles. The van der Waals surface area contributed by atoms with Crippen LogP contribution in [0.4, 0.5) is 4.39 Å². The van der Waals surface area contributed by atoms with Gasteiger partial charge in [-0.25, -0.2) is 14.4 Å². The summed E-state index contributed by atoms with van der Waals surface area (Å²) in [5.41, 5.74) is 2.98. The zero-order valence-corrected chi connectivity index (χ0v) is 9.65. The second kappa shape index (κ2) is 5.50. The van der Waals surface area contributed by atoms with Gasteiger partial charge in [-0.2, -0.15) is 0 Å². The number of aromatic nitrogens is 2. The summed E-state index contributed by atoms with van der Waals surface area (Å²) in [5, 5.41) is 3.23. The van der Waals surface area contributed by atoms with Gasteiger partial charge in [-0.3, -0.25) is 0 Å². The van der Waals surface area contributed by atoms with Crippen LogP contribution >= 0.6 is 0 Å². The highest BCUT2D eigenvalue weighted by molar-refractivity contribution is 5.26. The van der Waals surface area contributed by atoms with Crippen LogP contribution in [-0.4, -0.2) is 9.97 Å². The number of benzene rings is 1. The Labute approximate surface area is 99.7 Å². The van der Waals surface area contributed by atoms with Gasteiger partial charge in [-0.05, 0) is 36.2 Å². The Balaban J connectivity index is 1.92. The van der Waals surface area contributed by atoms with Crippen LogP contribution in [-0.2, 0) is 13.1 Å². The van der Waals surface area contributed by atoms with E-state index in [1.54, 1.807) is 18.3 Å². The normalized spacial score (nSPS) is 10.5. The third-order valence-electron chi connectivity index (χ3n) is 2.58. The Morgan fingerprint density at radius 2 is 2.12 bits per heavy atom. The van der Waals surface area contributed by atoms with Crippen molar-refractivity contribution >= 4 is 0 Å². The predicted octanol–water partition coefficient (Wildman–Crippen LogP) is 2.21. The highest BCUT2D eigenvalue weighted by atomic mass is 19.1. The molecule has 17 heavy (non-hydrogen) atoms. The molecule has 1 aromatic carbocycles. The van der Waals surface area contributed by atoms with Crippen molar-refractivity contribution in [1.29, 1.82) is 0 Å². The van der Waals surface area contributed by atoms with E-state index in [0.717, 1.165) is 16.8 Å². The summed E-state index contributed by atoms with van der Waals surface area (Å²) < 4.78 is 13.0. The van der Waals surface area contributed by atoms with Gasteiger partial charge in [0.15, 0.2) is 0 Å². The SMILES string of the molecule is Cc1ccc(F)cc1CNCc1ccncn1. The van der Waals surface area contributed by atoms with Crippen LogP contribution in [0.15, 0.2) is 36.8 Å². The van der Waals surface area contributed by atoms with E-state index in [4.69, 9.17) is 0 Å². The lowest BCUT2D eigenvalue weighted by atomic mass is 10.1. The van der Waals surface area contributed by atoms with E-state index >= 15 is 0 Å². The van der Waals surface area contributed by atoms with E-state index in [2.05, 4.69) is 15.3 Å². The zero-order chi connectivity index (χ0) is 12.1. The molecule has 0 amide bonds. The fourth-order valence-electron chi connectivity index (χ4n) is 1.58. The Morgan fingerprint density at radius 3 is 2.88 bits per heavy atom. The van der Waals surface area contributed by atoms with Gasteiger partial charge in [0.05, 0.1) is 5.69 Å². The highest BCUT2D eigenvalue weighted by Gasteiger charge is 2.00. The van der Waals surface area contributed by atoms with E-state index in [-0.39, 0.29) is 5.82 Å². The van der Waals surface area contributed by atoms with Crippen LogP contribution < -0.4 is 5.32 Å². The third-order valence-corrected chi connectivity index (χ3v) is 2.58. The molecular formula is C13H14FN3. The molecule has 0 spiro atoms. The summed E-state index contributed by atoms with van der Waals surface area (Å²) in [4.78, 5) is 7.95. The monoisotopic (exact) mass is 231 g/mol. The minimum atomic E-state index is -0.200. The van der Waals surface area contributed by atoms with Crippen molar-refractivity contribution in [3.05, 3.63) is 59.4 Å². The third kappa shape index (κ3) is 3.32. The molecule has 2 rings (SSSR count). The smallest absolute Gasteiger partial charge is 0.123 e. The molecule has 0 aliphatic rings. The summed E-state index contributed by atoms with van der Waals surface area (Å²) >= 11 is 0. The fraction of sp³-hybridized carbons (Fsp3) is 0.231. The average molecular weight is 231 g/mol. The Morgan fingerprint density at radius 1 is 1.24 bits per heavy atom. The van der Waals surface area contributed by atoms with Crippen molar-refractivity contribution in [1.82, 2.24) is 15.3 Å². The maximum atomic E-state index is 13.0. The molecule has 3 nitrogen and oxygen atoms in total. The first-order valence-electron chi connectivity index (χ1n) is 5.46. The van der Waals surface area contributed by atoms with E-state index in [1.807, 2.05) is 13.0 Å². The summed E-state index contributed by atoms with van der Waals surface area (Å²) in [5.74, 6) is -0.200. The molecule has 0 saturated heterocycles. The Kier molecular flexibility index (Phi) is 3.77. The van der Waals surface area contributed by atoms with Crippen LogP contribution in [0.3, 0.4) is 0 Å². The van der Waals surface area contributed by atoms with Crippen molar-refractivity contribution < 1.29 is 4.39 Å². The van der Waals surface area contributed by atoms with Crippen molar-refractivity contribution in [2.45, 2.75) is 20.0 Å². The Bertz CT molecular complexity index is 485. The van der Waals surface area contributed by atoms with E-state index in [0.29, 0.717) is 13.1 Å².